The van der Waals surface area contributed by atoms with Crippen LogP contribution in [0.2, 0.25) is 0 Å². The zero-order valence-electron chi connectivity index (χ0n) is 16.7. The van der Waals surface area contributed by atoms with E-state index in [0.717, 1.165) is 37.6 Å². The van der Waals surface area contributed by atoms with Gasteiger partial charge in [0.1, 0.15) is 0 Å². The third-order valence-corrected chi connectivity index (χ3v) is 5.14. The van der Waals surface area contributed by atoms with Crippen LogP contribution in [-0.4, -0.2) is 44.0 Å². The number of anilines is 3. The summed E-state index contributed by atoms with van der Waals surface area (Å²) in [7, 11) is 2.13. The fraction of sp³-hybridized carbons (Fsp3) is 0.409. The van der Waals surface area contributed by atoms with Crippen LogP contribution in [0.3, 0.4) is 0 Å². The quantitative estimate of drug-likeness (QED) is 0.815. The second-order valence-corrected chi connectivity index (χ2v) is 8.35. The number of rotatable bonds is 3. The molecule has 2 aromatic rings. The number of piperazine rings is 1. The molecule has 0 bridgehead atoms. The highest BCUT2D eigenvalue weighted by atomic mass is 16.1. The lowest BCUT2D eigenvalue weighted by Gasteiger charge is -2.34. The summed E-state index contributed by atoms with van der Waals surface area (Å²) in [6.07, 6.45) is 0. The SMILES string of the molecule is CN1CCN(c2ccc(NC(=O)c3ccc(C(C)(C)C)cc3)cc2N)CC1. The van der Waals surface area contributed by atoms with Crippen molar-refractivity contribution >= 4 is 23.0 Å². The molecule has 5 heteroatoms. The summed E-state index contributed by atoms with van der Waals surface area (Å²) in [6.45, 7) is 10.5. The Labute approximate surface area is 162 Å². The van der Waals surface area contributed by atoms with Crippen LogP contribution in [0.4, 0.5) is 17.1 Å². The Balaban J connectivity index is 1.68. The fourth-order valence-electron chi connectivity index (χ4n) is 3.29. The highest BCUT2D eigenvalue weighted by molar-refractivity contribution is 6.04. The van der Waals surface area contributed by atoms with Gasteiger partial charge >= 0.3 is 0 Å². The topological polar surface area (TPSA) is 61.6 Å². The van der Waals surface area contributed by atoms with E-state index in [9.17, 15) is 4.79 Å². The molecule has 0 aromatic heterocycles. The maximum atomic E-state index is 12.5. The van der Waals surface area contributed by atoms with Crippen molar-refractivity contribution in [3.05, 3.63) is 53.6 Å². The molecule has 5 nitrogen and oxygen atoms in total. The van der Waals surface area contributed by atoms with Gasteiger partial charge in [-0.3, -0.25) is 4.79 Å². The van der Waals surface area contributed by atoms with Crippen molar-refractivity contribution in [3.63, 3.8) is 0 Å². The minimum Gasteiger partial charge on any atom is -0.397 e. The number of carbonyl (C=O) groups is 1. The first-order chi connectivity index (χ1) is 12.7. The summed E-state index contributed by atoms with van der Waals surface area (Å²) in [5, 5.41) is 2.95. The van der Waals surface area contributed by atoms with Crippen LogP contribution >= 0.6 is 0 Å². The fourth-order valence-corrected chi connectivity index (χ4v) is 3.29. The van der Waals surface area contributed by atoms with Crippen LogP contribution in [0.5, 0.6) is 0 Å². The third kappa shape index (κ3) is 4.61. The molecule has 3 N–H and O–H groups in total. The van der Waals surface area contributed by atoms with Gasteiger partial charge in [-0.25, -0.2) is 0 Å². The van der Waals surface area contributed by atoms with Gasteiger partial charge in [0.25, 0.3) is 5.91 Å². The van der Waals surface area contributed by atoms with Crippen molar-refractivity contribution in [2.24, 2.45) is 0 Å². The molecule has 0 saturated carbocycles. The van der Waals surface area contributed by atoms with Crippen LogP contribution < -0.4 is 16.0 Å². The molecule has 27 heavy (non-hydrogen) atoms. The maximum Gasteiger partial charge on any atom is 0.255 e. The predicted octanol–water partition coefficient (Wildman–Crippen LogP) is 3.57. The van der Waals surface area contributed by atoms with E-state index >= 15 is 0 Å². The van der Waals surface area contributed by atoms with E-state index in [2.05, 4.69) is 42.9 Å². The molecule has 0 spiro atoms. The lowest BCUT2D eigenvalue weighted by atomic mass is 9.87. The summed E-state index contributed by atoms with van der Waals surface area (Å²) in [6, 6.07) is 13.5. The molecule has 0 unspecified atom stereocenters. The number of amides is 1. The molecular formula is C22H30N4O. The van der Waals surface area contributed by atoms with E-state index < -0.39 is 0 Å². The zero-order valence-corrected chi connectivity index (χ0v) is 16.7. The standard InChI is InChI=1S/C22H30N4O/c1-22(2,3)17-7-5-16(6-8-17)21(27)24-18-9-10-20(19(23)15-18)26-13-11-25(4)12-14-26/h5-10,15H,11-14,23H2,1-4H3,(H,24,27). The molecule has 0 aliphatic carbocycles. The molecule has 3 rings (SSSR count). The van der Waals surface area contributed by atoms with E-state index in [0.29, 0.717) is 11.3 Å². The number of nitrogens with two attached hydrogens (primary N) is 1. The summed E-state index contributed by atoms with van der Waals surface area (Å²) in [5.74, 6) is -0.123. The molecule has 1 fully saturated rings. The Kier molecular flexibility index (Phi) is 5.42. The summed E-state index contributed by atoms with van der Waals surface area (Å²) in [4.78, 5) is 17.2. The van der Waals surface area contributed by atoms with E-state index in [-0.39, 0.29) is 11.3 Å². The normalized spacial score (nSPS) is 15.6. The Morgan fingerprint density at radius 1 is 1.00 bits per heavy atom. The second-order valence-electron chi connectivity index (χ2n) is 8.35. The van der Waals surface area contributed by atoms with Crippen LogP contribution in [0.25, 0.3) is 0 Å². The van der Waals surface area contributed by atoms with Crippen molar-refractivity contribution in [1.29, 1.82) is 0 Å². The largest absolute Gasteiger partial charge is 0.397 e. The van der Waals surface area contributed by atoms with Gasteiger partial charge in [-0.05, 0) is 48.4 Å². The number of carbonyl (C=O) groups excluding carboxylic acids is 1. The summed E-state index contributed by atoms with van der Waals surface area (Å²) >= 11 is 0. The summed E-state index contributed by atoms with van der Waals surface area (Å²) < 4.78 is 0. The average Bonchev–Trinajstić information content (AvgIpc) is 2.62. The molecule has 1 amide bonds. The first-order valence-corrected chi connectivity index (χ1v) is 9.49. The number of nitrogens with zero attached hydrogens (tertiary/aromatic N) is 2. The molecule has 1 heterocycles. The van der Waals surface area contributed by atoms with Crippen LogP contribution in [0.15, 0.2) is 42.5 Å². The van der Waals surface area contributed by atoms with Crippen molar-refractivity contribution in [3.8, 4) is 0 Å². The first-order valence-electron chi connectivity index (χ1n) is 9.49. The number of nitrogens with one attached hydrogen (secondary N) is 1. The van der Waals surface area contributed by atoms with Gasteiger partial charge in [-0.15, -0.1) is 0 Å². The number of hydrogen-bond acceptors (Lipinski definition) is 4. The number of likely N-dealkylation sites (N-methyl/N-ethyl adjacent to an activating group) is 1. The molecular weight excluding hydrogens is 336 g/mol. The van der Waals surface area contributed by atoms with E-state index in [1.165, 1.54) is 5.56 Å². The van der Waals surface area contributed by atoms with Crippen molar-refractivity contribution in [1.82, 2.24) is 4.90 Å². The van der Waals surface area contributed by atoms with Gasteiger partial charge in [0, 0.05) is 37.4 Å². The number of nitrogen functional groups attached to an aromatic ring is 1. The summed E-state index contributed by atoms with van der Waals surface area (Å²) in [5.41, 5.74) is 10.6. The molecule has 1 aliphatic rings. The zero-order chi connectivity index (χ0) is 19.6. The molecule has 1 saturated heterocycles. The van der Waals surface area contributed by atoms with E-state index in [4.69, 9.17) is 5.73 Å². The van der Waals surface area contributed by atoms with Crippen molar-refractivity contribution in [2.75, 3.05) is 49.2 Å². The Hall–Kier alpha value is -2.53. The second kappa shape index (κ2) is 7.61. The Morgan fingerprint density at radius 2 is 1.63 bits per heavy atom. The monoisotopic (exact) mass is 366 g/mol. The van der Waals surface area contributed by atoms with Gasteiger partial charge in [0.15, 0.2) is 0 Å². The highest BCUT2D eigenvalue weighted by Gasteiger charge is 2.17. The first kappa shape index (κ1) is 19.2. The predicted molar refractivity (Wildman–Crippen MR) is 114 cm³/mol. The minimum atomic E-state index is -0.123. The van der Waals surface area contributed by atoms with Crippen LogP contribution in [-0.2, 0) is 5.41 Å². The maximum absolute atomic E-state index is 12.5. The number of benzene rings is 2. The van der Waals surface area contributed by atoms with Gasteiger partial charge in [-0.1, -0.05) is 32.9 Å². The minimum absolute atomic E-state index is 0.0720. The smallest absolute Gasteiger partial charge is 0.255 e. The van der Waals surface area contributed by atoms with E-state index in [1.807, 2.05) is 42.5 Å². The van der Waals surface area contributed by atoms with Crippen LogP contribution in [0.1, 0.15) is 36.7 Å². The molecule has 0 atom stereocenters. The highest BCUT2D eigenvalue weighted by Crippen LogP contribution is 2.28. The molecule has 0 radical (unpaired) electrons. The van der Waals surface area contributed by atoms with Gasteiger partial charge in [0.05, 0.1) is 11.4 Å². The Morgan fingerprint density at radius 3 is 2.19 bits per heavy atom. The van der Waals surface area contributed by atoms with Gasteiger partial charge in [0.2, 0.25) is 0 Å². The van der Waals surface area contributed by atoms with Crippen molar-refractivity contribution < 1.29 is 4.79 Å². The Bertz CT molecular complexity index is 800. The lowest BCUT2D eigenvalue weighted by molar-refractivity contribution is 0.102. The lowest BCUT2D eigenvalue weighted by Crippen LogP contribution is -2.44. The number of hydrogen-bond donors (Lipinski definition) is 2. The third-order valence-electron chi connectivity index (χ3n) is 5.14. The molecule has 144 valence electrons. The molecule has 2 aromatic carbocycles. The van der Waals surface area contributed by atoms with Gasteiger partial charge in [-0.2, -0.15) is 0 Å². The van der Waals surface area contributed by atoms with Crippen molar-refractivity contribution in [2.45, 2.75) is 26.2 Å². The average molecular weight is 367 g/mol. The molecule has 1 aliphatic heterocycles. The van der Waals surface area contributed by atoms with Crippen LogP contribution in [0, 0.1) is 0 Å². The van der Waals surface area contributed by atoms with E-state index in [1.54, 1.807) is 0 Å². The van der Waals surface area contributed by atoms with Gasteiger partial charge < -0.3 is 20.9 Å².